The van der Waals surface area contributed by atoms with Crippen molar-refractivity contribution in [1.82, 2.24) is 0 Å². The van der Waals surface area contributed by atoms with Crippen molar-refractivity contribution in [2.45, 2.75) is 39.0 Å². The fourth-order valence-electron chi connectivity index (χ4n) is 2.52. The zero-order valence-electron chi connectivity index (χ0n) is 10.8. The van der Waals surface area contributed by atoms with E-state index in [4.69, 9.17) is 4.74 Å². The summed E-state index contributed by atoms with van der Waals surface area (Å²) in [5, 5.41) is 1.73. The van der Waals surface area contributed by atoms with Crippen molar-refractivity contribution < 1.29 is 14.3 Å². The normalized spacial score (nSPS) is 16.6. The number of thiophene rings is 1. The molecule has 1 aliphatic rings. The summed E-state index contributed by atoms with van der Waals surface area (Å²) in [6.07, 6.45) is 5.50. The van der Waals surface area contributed by atoms with E-state index in [0.717, 1.165) is 36.1 Å². The van der Waals surface area contributed by atoms with Gasteiger partial charge in [0.05, 0.1) is 17.6 Å². The summed E-state index contributed by atoms with van der Waals surface area (Å²) in [5.74, 6) is 0.0143. The molecule has 1 fully saturated rings. The van der Waals surface area contributed by atoms with Gasteiger partial charge in [-0.05, 0) is 25.3 Å². The van der Waals surface area contributed by atoms with E-state index in [0.29, 0.717) is 5.56 Å². The molecule has 98 valence electrons. The van der Waals surface area contributed by atoms with Crippen LogP contribution >= 0.6 is 11.3 Å². The highest BCUT2D eigenvalue weighted by Gasteiger charge is 2.26. The molecule has 0 atom stereocenters. The summed E-state index contributed by atoms with van der Waals surface area (Å²) in [6.45, 7) is 1.83. The number of Topliss-reactive ketones (excluding diaryl/α,β-unsaturated/α-hetero) is 1. The topological polar surface area (TPSA) is 43.4 Å². The molecule has 1 aromatic rings. The maximum absolute atomic E-state index is 12.4. The molecule has 1 aliphatic carbocycles. The summed E-state index contributed by atoms with van der Waals surface area (Å²) in [6, 6.07) is 0. The van der Waals surface area contributed by atoms with Gasteiger partial charge in [0, 0.05) is 11.3 Å². The lowest BCUT2D eigenvalue weighted by atomic mass is 9.85. The largest absolute Gasteiger partial charge is 0.465 e. The van der Waals surface area contributed by atoms with E-state index < -0.39 is 0 Å². The maximum atomic E-state index is 12.4. The van der Waals surface area contributed by atoms with Crippen LogP contribution in [-0.4, -0.2) is 18.9 Å². The summed E-state index contributed by atoms with van der Waals surface area (Å²) in [7, 11) is 1.36. The monoisotopic (exact) mass is 266 g/mol. The summed E-state index contributed by atoms with van der Waals surface area (Å²) in [5.41, 5.74) is 1.31. The van der Waals surface area contributed by atoms with Crippen molar-refractivity contribution in [3.63, 3.8) is 0 Å². The second-order valence-electron chi connectivity index (χ2n) is 4.79. The Bertz CT molecular complexity index is 456. The summed E-state index contributed by atoms with van der Waals surface area (Å²) in [4.78, 5) is 24.7. The molecule has 0 spiro atoms. The number of carbonyl (C=O) groups excluding carboxylic acids is 2. The average Bonchev–Trinajstić information content (AvgIpc) is 2.80. The fraction of sp³-hybridized carbons (Fsp3) is 0.571. The maximum Gasteiger partial charge on any atom is 0.338 e. The molecule has 0 bridgehead atoms. The Hall–Kier alpha value is -1.16. The summed E-state index contributed by atoms with van der Waals surface area (Å²) >= 11 is 1.37. The molecule has 18 heavy (non-hydrogen) atoms. The molecule has 2 rings (SSSR count). The number of carbonyl (C=O) groups is 2. The Morgan fingerprint density at radius 1 is 1.28 bits per heavy atom. The second-order valence-corrected chi connectivity index (χ2v) is 5.67. The SMILES string of the molecule is COC(=O)c1csc(C(=O)C2CCCCC2)c1C. The number of ether oxygens (including phenoxy) is 1. The lowest BCUT2D eigenvalue weighted by Crippen LogP contribution is -2.17. The van der Waals surface area contributed by atoms with Gasteiger partial charge in [-0.1, -0.05) is 19.3 Å². The predicted octanol–water partition coefficient (Wildman–Crippen LogP) is 3.61. The Labute approximate surface area is 111 Å². The van der Waals surface area contributed by atoms with Crippen LogP contribution in [0.2, 0.25) is 0 Å². The molecule has 0 radical (unpaired) electrons. The number of hydrogen-bond donors (Lipinski definition) is 0. The molecule has 0 saturated heterocycles. The summed E-state index contributed by atoms with van der Waals surface area (Å²) < 4.78 is 4.71. The number of hydrogen-bond acceptors (Lipinski definition) is 4. The fourth-order valence-corrected chi connectivity index (χ4v) is 3.60. The first-order chi connectivity index (χ1) is 8.65. The highest BCUT2D eigenvalue weighted by molar-refractivity contribution is 7.12. The molecule has 1 aromatic heterocycles. The third-order valence-electron chi connectivity index (χ3n) is 3.64. The Morgan fingerprint density at radius 3 is 2.56 bits per heavy atom. The number of rotatable bonds is 3. The van der Waals surface area contributed by atoms with E-state index in [1.165, 1.54) is 24.9 Å². The van der Waals surface area contributed by atoms with Crippen LogP contribution in [-0.2, 0) is 4.74 Å². The average molecular weight is 266 g/mol. The zero-order chi connectivity index (χ0) is 13.1. The molecular formula is C14H18O3S. The highest BCUT2D eigenvalue weighted by Crippen LogP contribution is 2.31. The van der Waals surface area contributed by atoms with Crippen molar-refractivity contribution in [2.24, 2.45) is 5.92 Å². The van der Waals surface area contributed by atoms with Gasteiger partial charge in [0.15, 0.2) is 5.78 Å². The smallest absolute Gasteiger partial charge is 0.338 e. The predicted molar refractivity (Wildman–Crippen MR) is 71.3 cm³/mol. The van der Waals surface area contributed by atoms with Gasteiger partial charge in [-0.3, -0.25) is 4.79 Å². The third-order valence-corrected chi connectivity index (χ3v) is 4.74. The number of methoxy groups -OCH3 is 1. The van der Waals surface area contributed by atoms with Gasteiger partial charge < -0.3 is 4.74 Å². The van der Waals surface area contributed by atoms with Crippen molar-refractivity contribution in [1.29, 1.82) is 0 Å². The molecule has 3 nitrogen and oxygen atoms in total. The molecule has 4 heteroatoms. The Balaban J connectivity index is 2.20. The number of esters is 1. The van der Waals surface area contributed by atoms with Crippen molar-refractivity contribution in [3.8, 4) is 0 Å². The van der Waals surface area contributed by atoms with Gasteiger partial charge in [0.1, 0.15) is 0 Å². The third kappa shape index (κ3) is 2.48. The van der Waals surface area contributed by atoms with Gasteiger partial charge in [0.25, 0.3) is 0 Å². The van der Waals surface area contributed by atoms with E-state index >= 15 is 0 Å². The van der Waals surface area contributed by atoms with Crippen LogP contribution in [0.25, 0.3) is 0 Å². The molecule has 0 aromatic carbocycles. The van der Waals surface area contributed by atoms with Crippen LogP contribution in [0.5, 0.6) is 0 Å². The molecule has 1 saturated carbocycles. The minimum absolute atomic E-state index is 0.154. The van der Waals surface area contributed by atoms with E-state index in [2.05, 4.69) is 0 Å². The van der Waals surface area contributed by atoms with E-state index in [9.17, 15) is 9.59 Å². The van der Waals surface area contributed by atoms with Crippen LogP contribution in [0.1, 0.15) is 57.7 Å². The second kappa shape index (κ2) is 5.65. The standard InChI is InChI=1S/C14H18O3S/c1-9-11(14(16)17-2)8-18-13(9)12(15)10-6-4-3-5-7-10/h8,10H,3-7H2,1-2H3. The van der Waals surface area contributed by atoms with E-state index in [-0.39, 0.29) is 17.7 Å². The minimum atomic E-state index is -0.355. The molecular weight excluding hydrogens is 248 g/mol. The number of ketones is 1. The molecule has 0 unspecified atom stereocenters. The van der Waals surface area contributed by atoms with Crippen LogP contribution < -0.4 is 0 Å². The Kier molecular flexibility index (Phi) is 4.17. The van der Waals surface area contributed by atoms with Gasteiger partial charge in [-0.15, -0.1) is 11.3 Å². The molecule has 0 amide bonds. The Morgan fingerprint density at radius 2 is 1.94 bits per heavy atom. The van der Waals surface area contributed by atoms with Crippen LogP contribution in [0.4, 0.5) is 0 Å². The van der Waals surface area contributed by atoms with Gasteiger partial charge in [-0.25, -0.2) is 4.79 Å². The first kappa shape index (κ1) is 13.3. The van der Waals surface area contributed by atoms with Crippen molar-refractivity contribution >= 4 is 23.1 Å². The highest BCUT2D eigenvalue weighted by atomic mass is 32.1. The lowest BCUT2D eigenvalue weighted by molar-refractivity contribution is 0.0600. The van der Waals surface area contributed by atoms with E-state index in [1.54, 1.807) is 5.38 Å². The van der Waals surface area contributed by atoms with E-state index in [1.807, 2.05) is 6.92 Å². The van der Waals surface area contributed by atoms with Crippen LogP contribution in [0.3, 0.4) is 0 Å². The van der Waals surface area contributed by atoms with Gasteiger partial charge in [-0.2, -0.15) is 0 Å². The minimum Gasteiger partial charge on any atom is -0.465 e. The van der Waals surface area contributed by atoms with Crippen LogP contribution in [0.15, 0.2) is 5.38 Å². The molecule has 1 heterocycles. The first-order valence-corrected chi connectivity index (χ1v) is 7.23. The first-order valence-electron chi connectivity index (χ1n) is 6.35. The van der Waals surface area contributed by atoms with Crippen molar-refractivity contribution in [3.05, 3.63) is 21.4 Å². The molecule has 0 N–H and O–H groups in total. The quantitative estimate of drug-likeness (QED) is 0.620. The van der Waals surface area contributed by atoms with Crippen LogP contribution in [0, 0.1) is 12.8 Å². The molecule has 0 aliphatic heterocycles. The lowest BCUT2D eigenvalue weighted by Gasteiger charge is -2.19. The van der Waals surface area contributed by atoms with Crippen molar-refractivity contribution in [2.75, 3.05) is 7.11 Å². The van der Waals surface area contributed by atoms with Gasteiger partial charge >= 0.3 is 5.97 Å². The zero-order valence-corrected chi connectivity index (χ0v) is 11.6. The van der Waals surface area contributed by atoms with Gasteiger partial charge in [0.2, 0.25) is 0 Å².